The van der Waals surface area contributed by atoms with Gasteiger partial charge in [0.2, 0.25) is 0 Å². The largest absolute Gasteiger partial charge is 0.510 e. The van der Waals surface area contributed by atoms with Crippen LogP contribution in [-0.4, -0.2) is 14.1 Å². The average molecular weight is 1020 g/mol. The Kier molecular flexibility index (Phi) is 11.7. The minimum atomic E-state index is -0.397. The van der Waals surface area contributed by atoms with E-state index in [9.17, 15) is 0 Å². The zero-order chi connectivity index (χ0) is 44.3. The Morgan fingerprint density at radius 3 is 1.84 bits per heavy atom. The summed E-state index contributed by atoms with van der Waals surface area (Å²) < 4.78 is 13.2. The van der Waals surface area contributed by atoms with Crippen LogP contribution in [0.3, 0.4) is 0 Å². The SMILES string of the molecule is CC(C)(C)c1cc(-[n+]2[c-]n(-c3[c-]c(Oc4[c-]c5c(cc4)c4ccccc4n5-c4cc(C(C)(C)C)ccn4)ccc3)c(C(C)(C)c3ccccc3)c2)cc(C(C)(C)c2ccccc2)c1.[Pt]. The minimum absolute atomic E-state index is 0. The third-order valence-electron chi connectivity index (χ3n) is 12.7. The molecule has 6 heteroatoms. The van der Waals surface area contributed by atoms with Crippen LogP contribution in [0, 0.1) is 18.5 Å². The second-order valence-electron chi connectivity index (χ2n) is 19.9. The fourth-order valence-electron chi connectivity index (χ4n) is 8.62. The number of para-hydroxylation sites is 1. The first-order valence-corrected chi connectivity index (χ1v) is 22.0. The van der Waals surface area contributed by atoms with Crippen molar-refractivity contribution in [2.75, 3.05) is 0 Å². The Labute approximate surface area is 393 Å². The van der Waals surface area contributed by atoms with Gasteiger partial charge in [-0.1, -0.05) is 160 Å². The van der Waals surface area contributed by atoms with Crippen molar-refractivity contribution < 1.29 is 30.4 Å². The molecular formula is C58H56N4OPt-2. The molecule has 9 rings (SSSR count). The molecule has 0 N–H and O–H groups in total. The van der Waals surface area contributed by atoms with E-state index in [-0.39, 0.29) is 37.3 Å². The summed E-state index contributed by atoms with van der Waals surface area (Å²) in [7, 11) is 0. The van der Waals surface area contributed by atoms with Gasteiger partial charge in [-0.15, -0.1) is 29.7 Å². The van der Waals surface area contributed by atoms with Crippen LogP contribution in [0.4, 0.5) is 0 Å². The number of rotatable bonds is 9. The van der Waals surface area contributed by atoms with E-state index >= 15 is 0 Å². The molecule has 0 spiro atoms. The molecule has 0 amide bonds. The summed E-state index contributed by atoms with van der Waals surface area (Å²) in [6.45, 7) is 22.7. The third-order valence-corrected chi connectivity index (χ3v) is 12.7. The van der Waals surface area contributed by atoms with Gasteiger partial charge in [0.15, 0.2) is 0 Å². The van der Waals surface area contributed by atoms with Gasteiger partial charge in [0.05, 0.1) is 11.4 Å². The van der Waals surface area contributed by atoms with Gasteiger partial charge in [-0.3, -0.25) is 4.57 Å². The molecule has 326 valence electrons. The van der Waals surface area contributed by atoms with Crippen LogP contribution >= 0.6 is 0 Å². The maximum Gasteiger partial charge on any atom is 0.267 e. The summed E-state index contributed by atoms with van der Waals surface area (Å²) in [6, 6.07) is 58.7. The number of ether oxygens (including phenoxy) is 1. The van der Waals surface area contributed by atoms with Crippen molar-refractivity contribution in [2.45, 2.75) is 90.9 Å². The number of aromatic nitrogens is 4. The van der Waals surface area contributed by atoms with E-state index < -0.39 is 5.41 Å². The number of pyridine rings is 1. The van der Waals surface area contributed by atoms with Crippen LogP contribution in [0.2, 0.25) is 0 Å². The topological polar surface area (TPSA) is 35.9 Å². The number of nitrogens with zero attached hydrogens (tertiary/aromatic N) is 4. The van der Waals surface area contributed by atoms with Crippen LogP contribution in [0.5, 0.6) is 11.5 Å². The predicted octanol–water partition coefficient (Wildman–Crippen LogP) is 13.7. The Morgan fingerprint density at radius 1 is 0.531 bits per heavy atom. The van der Waals surface area contributed by atoms with E-state index in [1.807, 2.05) is 24.4 Å². The van der Waals surface area contributed by atoms with Crippen molar-refractivity contribution in [3.63, 3.8) is 0 Å². The molecule has 0 atom stereocenters. The monoisotopic (exact) mass is 1020 g/mol. The molecule has 6 aromatic carbocycles. The van der Waals surface area contributed by atoms with E-state index in [1.54, 1.807) is 0 Å². The van der Waals surface area contributed by atoms with Crippen molar-refractivity contribution in [1.82, 2.24) is 14.1 Å². The molecule has 0 aliphatic heterocycles. The summed E-state index contributed by atoms with van der Waals surface area (Å²) in [6.07, 6.45) is 7.92. The minimum Gasteiger partial charge on any atom is -0.510 e. The van der Waals surface area contributed by atoms with Gasteiger partial charge in [-0.2, -0.15) is 18.2 Å². The molecule has 5 nitrogen and oxygen atoms in total. The Hall–Kier alpha value is -6.03. The van der Waals surface area contributed by atoms with Gasteiger partial charge in [-0.25, -0.2) is 4.98 Å². The number of fused-ring (bicyclic) bond motifs is 3. The van der Waals surface area contributed by atoms with E-state index in [0.29, 0.717) is 11.5 Å². The maximum atomic E-state index is 6.68. The van der Waals surface area contributed by atoms with Crippen LogP contribution in [0.15, 0.2) is 158 Å². The third kappa shape index (κ3) is 8.39. The molecule has 0 bridgehead atoms. The van der Waals surface area contributed by atoms with Crippen LogP contribution in [0.1, 0.15) is 103 Å². The Balaban J connectivity index is 0.00000560. The summed E-state index contributed by atoms with van der Waals surface area (Å²) in [5, 5.41) is 2.23. The van der Waals surface area contributed by atoms with E-state index in [1.165, 1.54) is 27.8 Å². The Morgan fingerprint density at radius 2 is 1.16 bits per heavy atom. The quantitative estimate of drug-likeness (QED) is 0.107. The van der Waals surface area contributed by atoms with Crippen LogP contribution in [0.25, 0.3) is 39.0 Å². The molecule has 0 saturated heterocycles. The number of hydrogen-bond acceptors (Lipinski definition) is 2. The Bertz CT molecular complexity index is 3110. The molecule has 0 fully saturated rings. The van der Waals surface area contributed by atoms with E-state index in [2.05, 4.69) is 235 Å². The van der Waals surface area contributed by atoms with Crippen molar-refractivity contribution in [3.05, 3.63) is 210 Å². The molecule has 0 radical (unpaired) electrons. The zero-order valence-electron chi connectivity index (χ0n) is 38.5. The molecule has 64 heavy (non-hydrogen) atoms. The number of hydrogen-bond donors (Lipinski definition) is 0. The summed E-state index contributed by atoms with van der Waals surface area (Å²) in [5.41, 5.74) is 10.4. The van der Waals surface area contributed by atoms with Crippen molar-refractivity contribution in [1.29, 1.82) is 0 Å². The van der Waals surface area contributed by atoms with Gasteiger partial charge in [0, 0.05) is 61.3 Å². The fourth-order valence-corrected chi connectivity index (χ4v) is 8.62. The second kappa shape index (κ2) is 16.8. The molecular weight excluding hydrogens is 964 g/mol. The second-order valence-corrected chi connectivity index (χ2v) is 19.9. The van der Waals surface area contributed by atoms with Crippen LogP contribution in [-0.2, 0) is 42.7 Å². The van der Waals surface area contributed by atoms with Gasteiger partial charge >= 0.3 is 0 Å². The zero-order valence-corrected chi connectivity index (χ0v) is 40.8. The molecule has 0 unspecified atom stereocenters. The molecule has 0 aliphatic carbocycles. The predicted molar refractivity (Wildman–Crippen MR) is 257 cm³/mol. The first-order chi connectivity index (χ1) is 30.0. The van der Waals surface area contributed by atoms with E-state index in [0.717, 1.165) is 44.7 Å². The smallest absolute Gasteiger partial charge is 0.267 e. The van der Waals surface area contributed by atoms with Gasteiger partial charge in [0.1, 0.15) is 5.82 Å². The first kappa shape index (κ1) is 44.6. The van der Waals surface area contributed by atoms with E-state index in [4.69, 9.17) is 9.72 Å². The average Bonchev–Trinajstić information content (AvgIpc) is 3.87. The van der Waals surface area contributed by atoms with Crippen molar-refractivity contribution in [2.24, 2.45) is 0 Å². The normalized spacial score (nSPS) is 12.4. The molecule has 3 heterocycles. The van der Waals surface area contributed by atoms with Crippen molar-refractivity contribution in [3.8, 4) is 28.7 Å². The standard InChI is InChI=1S/C58H56N4O.Pt/c1-55(2,3)42-30-31-59-54(35-42)62-51-27-18-17-26-49(51)50-29-28-48(37-52(50)62)63-47-25-19-24-45(36-47)61-39-60(38-53(61)58(9,10)41-22-15-12-16-23-41)46-33-43(56(4,5)6)32-44(34-46)57(7,8)40-20-13-11-14-21-40;/h11-35,38H,1-10H3;/q-2;. The fraction of sp³-hybridized carbons (Fsp3) is 0.241. The van der Waals surface area contributed by atoms with Gasteiger partial charge in [0.25, 0.3) is 6.33 Å². The maximum absolute atomic E-state index is 6.68. The number of benzene rings is 6. The molecule has 0 aliphatic rings. The van der Waals surface area contributed by atoms with Crippen LogP contribution < -0.4 is 9.30 Å². The van der Waals surface area contributed by atoms with Gasteiger partial charge in [-0.05, 0) is 80.1 Å². The molecule has 3 aromatic heterocycles. The molecule has 9 aromatic rings. The summed E-state index contributed by atoms with van der Waals surface area (Å²) >= 11 is 0. The van der Waals surface area contributed by atoms with Gasteiger partial charge < -0.3 is 13.9 Å². The number of imidazole rings is 1. The molecule has 0 saturated carbocycles. The summed E-state index contributed by atoms with van der Waals surface area (Å²) in [4.78, 5) is 4.86. The summed E-state index contributed by atoms with van der Waals surface area (Å²) in [5.74, 6) is 2.03. The van der Waals surface area contributed by atoms with Crippen molar-refractivity contribution >= 4 is 21.8 Å². The first-order valence-electron chi connectivity index (χ1n) is 22.0.